The molecule has 5 heteroatoms. The maximum Gasteiger partial charge on any atom is 0.271 e. The average molecular weight is 272 g/mol. The van der Waals surface area contributed by atoms with Crippen LogP contribution >= 0.6 is 0 Å². The molecule has 0 bridgehead atoms. The Kier molecular flexibility index (Phi) is 5.31. The highest BCUT2D eigenvalue weighted by atomic mass is 32.2. The number of ether oxygens (including phenoxy) is 1. The zero-order valence-corrected chi connectivity index (χ0v) is 11.9. The Balaban J connectivity index is 2.46. The first-order chi connectivity index (χ1) is 8.35. The van der Waals surface area contributed by atoms with Crippen LogP contribution in [0.2, 0.25) is 0 Å². The van der Waals surface area contributed by atoms with E-state index in [0.717, 1.165) is 5.56 Å². The fourth-order valence-electron chi connectivity index (χ4n) is 1.34. The van der Waals surface area contributed by atoms with Gasteiger partial charge in [-0.05, 0) is 19.4 Å². The molecule has 1 rings (SSSR count). The van der Waals surface area contributed by atoms with E-state index in [4.69, 9.17) is 8.92 Å². The molecule has 0 aromatic heterocycles. The van der Waals surface area contributed by atoms with Gasteiger partial charge in [-0.3, -0.25) is 4.18 Å². The SMILES string of the molecule is COC(C)(C)CCOS(=O)(=O)Cc1ccccc1. The summed E-state index contributed by atoms with van der Waals surface area (Å²) in [7, 11) is -1.93. The third kappa shape index (κ3) is 5.62. The van der Waals surface area contributed by atoms with Gasteiger partial charge in [0.2, 0.25) is 0 Å². The Morgan fingerprint density at radius 2 is 1.78 bits per heavy atom. The quantitative estimate of drug-likeness (QED) is 0.715. The monoisotopic (exact) mass is 272 g/mol. The number of methoxy groups -OCH3 is 1. The molecule has 0 heterocycles. The van der Waals surface area contributed by atoms with Crippen molar-refractivity contribution in [2.75, 3.05) is 13.7 Å². The molecule has 0 aliphatic rings. The second-order valence-corrected chi connectivity index (χ2v) is 6.36. The molecule has 0 spiro atoms. The average Bonchev–Trinajstić information content (AvgIpc) is 2.29. The van der Waals surface area contributed by atoms with Crippen LogP contribution in [0.25, 0.3) is 0 Å². The van der Waals surface area contributed by atoms with Crippen molar-refractivity contribution in [2.45, 2.75) is 31.6 Å². The van der Waals surface area contributed by atoms with E-state index in [1.165, 1.54) is 0 Å². The van der Waals surface area contributed by atoms with E-state index in [0.29, 0.717) is 6.42 Å². The lowest BCUT2D eigenvalue weighted by Gasteiger charge is -2.22. The van der Waals surface area contributed by atoms with Crippen LogP contribution in [-0.2, 0) is 24.8 Å². The highest BCUT2D eigenvalue weighted by Gasteiger charge is 2.19. The Morgan fingerprint density at radius 1 is 1.17 bits per heavy atom. The van der Waals surface area contributed by atoms with E-state index in [2.05, 4.69) is 0 Å². The summed E-state index contributed by atoms with van der Waals surface area (Å²) in [5, 5.41) is 0. The predicted octanol–water partition coefficient (Wildman–Crippen LogP) is 2.35. The molecule has 0 fully saturated rings. The zero-order chi connectivity index (χ0) is 13.6. The van der Waals surface area contributed by atoms with E-state index < -0.39 is 10.1 Å². The van der Waals surface area contributed by atoms with Gasteiger partial charge in [0.25, 0.3) is 10.1 Å². The van der Waals surface area contributed by atoms with Crippen molar-refractivity contribution >= 4 is 10.1 Å². The third-order valence-corrected chi connectivity index (χ3v) is 3.92. The molecule has 0 N–H and O–H groups in total. The molecule has 1 aromatic carbocycles. The Morgan fingerprint density at radius 3 is 2.33 bits per heavy atom. The normalized spacial score (nSPS) is 12.6. The van der Waals surface area contributed by atoms with Crippen molar-refractivity contribution < 1.29 is 17.3 Å². The molecule has 0 unspecified atom stereocenters. The van der Waals surface area contributed by atoms with Crippen LogP contribution < -0.4 is 0 Å². The van der Waals surface area contributed by atoms with Crippen LogP contribution in [0.5, 0.6) is 0 Å². The number of rotatable bonds is 7. The van der Waals surface area contributed by atoms with Crippen molar-refractivity contribution in [1.29, 1.82) is 0 Å². The topological polar surface area (TPSA) is 52.6 Å². The van der Waals surface area contributed by atoms with Gasteiger partial charge in [-0.25, -0.2) is 0 Å². The first kappa shape index (κ1) is 15.1. The number of benzene rings is 1. The molecule has 4 nitrogen and oxygen atoms in total. The minimum Gasteiger partial charge on any atom is -0.379 e. The van der Waals surface area contributed by atoms with E-state index in [9.17, 15) is 8.42 Å². The van der Waals surface area contributed by atoms with Crippen molar-refractivity contribution in [3.8, 4) is 0 Å². The fourth-order valence-corrected chi connectivity index (χ4v) is 2.36. The van der Waals surface area contributed by atoms with Crippen LogP contribution in [-0.4, -0.2) is 27.7 Å². The van der Waals surface area contributed by atoms with E-state index in [1.807, 2.05) is 19.9 Å². The molecule has 0 saturated carbocycles. The molecular weight excluding hydrogens is 252 g/mol. The summed E-state index contributed by atoms with van der Waals surface area (Å²) in [5.41, 5.74) is 0.353. The van der Waals surface area contributed by atoms with Gasteiger partial charge in [0.15, 0.2) is 0 Å². The van der Waals surface area contributed by atoms with E-state index in [1.54, 1.807) is 31.4 Å². The third-order valence-electron chi connectivity index (χ3n) is 2.71. The second kappa shape index (κ2) is 6.31. The standard InChI is InChI=1S/C13H20O4S/c1-13(2,16-3)9-10-17-18(14,15)11-12-7-5-4-6-8-12/h4-8H,9-11H2,1-3H3. The molecule has 1 aromatic rings. The second-order valence-electron chi connectivity index (χ2n) is 4.72. The highest BCUT2D eigenvalue weighted by molar-refractivity contribution is 7.85. The molecular formula is C13H20O4S. The van der Waals surface area contributed by atoms with Crippen molar-refractivity contribution in [3.05, 3.63) is 35.9 Å². The molecule has 0 atom stereocenters. The first-order valence-electron chi connectivity index (χ1n) is 5.81. The van der Waals surface area contributed by atoms with Gasteiger partial charge in [0.1, 0.15) is 5.75 Å². The molecule has 0 aliphatic heterocycles. The smallest absolute Gasteiger partial charge is 0.271 e. The lowest BCUT2D eigenvalue weighted by Crippen LogP contribution is -2.25. The molecule has 18 heavy (non-hydrogen) atoms. The highest BCUT2D eigenvalue weighted by Crippen LogP contribution is 2.14. The van der Waals surface area contributed by atoms with Gasteiger partial charge in [-0.2, -0.15) is 8.42 Å². The fraction of sp³-hybridized carbons (Fsp3) is 0.538. The van der Waals surface area contributed by atoms with Gasteiger partial charge in [0, 0.05) is 13.5 Å². The molecule has 0 amide bonds. The van der Waals surface area contributed by atoms with Gasteiger partial charge >= 0.3 is 0 Å². The molecule has 102 valence electrons. The lowest BCUT2D eigenvalue weighted by atomic mass is 10.1. The Bertz CT molecular complexity index is 451. The maximum atomic E-state index is 11.7. The summed E-state index contributed by atoms with van der Waals surface area (Å²) >= 11 is 0. The van der Waals surface area contributed by atoms with Gasteiger partial charge in [-0.1, -0.05) is 30.3 Å². The lowest BCUT2D eigenvalue weighted by molar-refractivity contribution is 0.00608. The summed E-state index contributed by atoms with van der Waals surface area (Å²) in [4.78, 5) is 0. The molecule has 0 aliphatic carbocycles. The summed E-state index contributed by atoms with van der Waals surface area (Å²) in [6, 6.07) is 8.98. The largest absolute Gasteiger partial charge is 0.379 e. The van der Waals surface area contributed by atoms with Crippen LogP contribution in [0, 0.1) is 0 Å². The van der Waals surface area contributed by atoms with Crippen LogP contribution in [0.1, 0.15) is 25.8 Å². The van der Waals surface area contributed by atoms with Gasteiger partial charge in [-0.15, -0.1) is 0 Å². The van der Waals surface area contributed by atoms with Crippen LogP contribution in [0.3, 0.4) is 0 Å². The van der Waals surface area contributed by atoms with Crippen molar-refractivity contribution in [1.82, 2.24) is 0 Å². The van der Waals surface area contributed by atoms with Crippen LogP contribution in [0.15, 0.2) is 30.3 Å². The number of hydrogen-bond donors (Lipinski definition) is 0. The summed E-state index contributed by atoms with van der Waals surface area (Å²) in [5.74, 6) is -0.0960. The van der Waals surface area contributed by atoms with Crippen molar-refractivity contribution in [2.24, 2.45) is 0 Å². The van der Waals surface area contributed by atoms with E-state index in [-0.39, 0.29) is 18.0 Å². The predicted molar refractivity (Wildman–Crippen MR) is 70.7 cm³/mol. The Labute approximate surface area is 109 Å². The van der Waals surface area contributed by atoms with Gasteiger partial charge < -0.3 is 4.74 Å². The van der Waals surface area contributed by atoms with E-state index >= 15 is 0 Å². The minimum absolute atomic E-state index is 0.0960. The maximum absolute atomic E-state index is 11.7. The molecule has 0 saturated heterocycles. The summed E-state index contributed by atoms with van der Waals surface area (Å²) in [6.07, 6.45) is 0.525. The summed E-state index contributed by atoms with van der Waals surface area (Å²) in [6.45, 7) is 3.91. The number of hydrogen-bond acceptors (Lipinski definition) is 4. The van der Waals surface area contributed by atoms with Crippen LogP contribution in [0.4, 0.5) is 0 Å². The minimum atomic E-state index is -3.52. The first-order valence-corrected chi connectivity index (χ1v) is 7.38. The summed E-state index contributed by atoms with van der Waals surface area (Å²) < 4.78 is 33.6. The zero-order valence-electron chi connectivity index (χ0n) is 11.0. The van der Waals surface area contributed by atoms with Crippen molar-refractivity contribution in [3.63, 3.8) is 0 Å². The Hall–Kier alpha value is -0.910. The van der Waals surface area contributed by atoms with Gasteiger partial charge in [0.05, 0.1) is 12.2 Å². The molecule has 0 radical (unpaired) electrons.